The van der Waals surface area contributed by atoms with Crippen molar-refractivity contribution in [3.8, 4) is 5.75 Å². The maximum atomic E-state index is 9.77. The fraction of sp³-hybridized carbons (Fsp3) is 0.467. The number of hydrogen-bond acceptors (Lipinski definition) is 4. The molecular formula is C15H22BrNO3. The molecule has 0 radical (unpaired) electrons. The molecule has 0 aliphatic heterocycles. The molecule has 0 amide bonds. The first kappa shape index (κ1) is 17.2. The lowest BCUT2D eigenvalue weighted by Crippen LogP contribution is -2.33. The molecule has 0 saturated carbocycles. The second-order valence-electron chi connectivity index (χ2n) is 4.64. The SMILES string of the molecule is C=C(C)COCCNCC(O)COc1cccc(Br)c1. The molecule has 0 saturated heterocycles. The average molecular weight is 344 g/mol. The van der Waals surface area contributed by atoms with Crippen LogP contribution >= 0.6 is 15.9 Å². The molecule has 0 aliphatic carbocycles. The van der Waals surface area contributed by atoms with Gasteiger partial charge in [0.25, 0.3) is 0 Å². The van der Waals surface area contributed by atoms with Gasteiger partial charge < -0.3 is 19.9 Å². The highest BCUT2D eigenvalue weighted by Gasteiger charge is 2.04. The molecule has 0 bridgehead atoms. The van der Waals surface area contributed by atoms with Crippen molar-refractivity contribution >= 4 is 15.9 Å². The van der Waals surface area contributed by atoms with Gasteiger partial charge in [-0.1, -0.05) is 34.1 Å². The minimum Gasteiger partial charge on any atom is -0.491 e. The van der Waals surface area contributed by atoms with Crippen molar-refractivity contribution < 1.29 is 14.6 Å². The summed E-state index contributed by atoms with van der Waals surface area (Å²) in [4.78, 5) is 0. The van der Waals surface area contributed by atoms with Gasteiger partial charge in [-0.05, 0) is 25.1 Å². The van der Waals surface area contributed by atoms with Gasteiger partial charge in [-0.25, -0.2) is 0 Å². The summed E-state index contributed by atoms with van der Waals surface area (Å²) < 4.78 is 11.8. The van der Waals surface area contributed by atoms with Gasteiger partial charge in [-0.15, -0.1) is 0 Å². The molecule has 1 unspecified atom stereocenters. The third-order valence-corrected chi connectivity index (χ3v) is 2.88. The lowest BCUT2D eigenvalue weighted by molar-refractivity contribution is 0.101. The molecule has 5 heteroatoms. The Balaban J connectivity index is 2.06. The van der Waals surface area contributed by atoms with Crippen LogP contribution in [0.2, 0.25) is 0 Å². The number of halogens is 1. The van der Waals surface area contributed by atoms with E-state index in [0.717, 1.165) is 15.8 Å². The summed E-state index contributed by atoms with van der Waals surface area (Å²) in [5.74, 6) is 0.739. The van der Waals surface area contributed by atoms with Crippen molar-refractivity contribution in [2.45, 2.75) is 13.0 Å². The van der Waals surface area contributed by atoms with Crippen LogP contribution in [0.4, 0.5) is 0 Å². The van der Waals surface area contributed by atoms with Gasteiger partial charge >= 0.3 is 0 Å². The first-order valence-electron chi connectivity index (χ1n) is 6.57. The van der Waals surface area contributed by atoms with Gasteiger partial charge in [0.1, 0.15) is 18.5 Å². The number of nitrogens with one attached hydrogen (secondary N) is 1. The van der Waals surface area contributed by atoms with Gasteiger partial charge in [-0.3, -0.25) is 0 Å². The Hall–Kier alpha value is -0.880. The molecule has 0 spiro atoms. The number of aliphatic hydroxyl groups excluding tert-OH is 1. The van der Waals surface area contributed by atoms with Crippen molar-refractivity contribution in [1.29, 1.82) is 0 Å². The van der Waals surface area contributed by atoms with Crippen molar-refractivity contribution in [3.63, 3.8) is 0 Å². The summed E-state index contributed by atoms with van der Waals surface area (Å²) in [6.07, 6.45) is -0.546. The molecule has 1 rings (SSSR count). The summed E-state index contributed by atoms with van der Waals surface area (Å²) >= 11 is 3.37. The third kappa shape index (κ3) is 8.32. The Labute approximate surface area is 128 Å². The molecule has 20 heavy (non-hydrogen) atoms. The molecule has 0 fully saturated rings. The molecular weight excluding hydrogens is 322 g/mol. The van der Waals surface area contributed by atoms with E-state index >= 15 is 0 Å². The largest absolute Gasteiger partial charge is 0.491 e. The van der Waals surface area contributed by atoms with E-state index in [1.54, 1.807) is 0 Å². The van der Waals surface area contributed by atoms with Crippen molar-refractivity contribution in [1.82, 2.24) is 5.32 Å². The second-order valence-corrected chi connectivity index (χ2v) is 5.55. The first-order chi connectivity index (χ1) is 9.58. The zero-order valence-corrected chi connectivity index (χ0v) is 13.4. The van der Waals surface area contributed by atoms with Gasteiger partial charge in [0, 0.05) is 17.6 Å². The number of benzene rings is 1. The van der Waals surface area contributed by atoms with Gasteiger partial charge in [0.05, 0.1) is 13.2 Å². The number of hydrogen-bond donors (Lipinski definition) is 2. The van der Waals surface area contributed by atoms with E-state index in [9.17, 15) is 5.11 Å². The summed E-state index contributed by atoms with van der Waals surface area (Å²) in [6.45, 7) is 8.30. The Bertz CT molecular complexity index is 412. The molecule has 2 N–H and O–H groups in total. The first-order valence-corrected chi connectivity index (χ1v) is 7.36. The van der Waals surface area contributed by atoms with Gasteiger partial charge in [-0.2, -0.15) is 0 Å². The zero-order valence-electron chi connectivity index (χ0n) is 11.8. The predicted molar refractivity (Wildman–Crippen MR) is 84.1 cm³/mol. The molecule has 0 heterocycles. The topological polar surface area (TPSA) is 50.7 Å². The summed E-state index contributed by atoms with van der Waals surface area (Å²) in [7, 11) is 0. The standard InChI is InChI=1S/C15H22BrNO3/c1-12(2)10-19-7-6-17-9-14(18)11-20-15-5-3-4-13(16)8-15/h3-5,8,14,17-18H,1,6-7,9-11H2,2H3. The molecule has 112 valence electrons. The summed E-state index contributed by atoms with van der Waals surface area (Å²) in [6, 6.07) is 7.54. The quantitative estimate of drug-likeness (QED) is 0.505. The number of aliphatic hydroxyl groups is 1. The average Bonchev–Trinajstić information content (AvgIpc) is 2.40. The van der Waals surface area contributed by atoms with E-state index in [0.29, 0.717) is 26.3 Å². The molecule has 1 aromatic carbocycles. The third-order valence-electron chi connectivity index (χ3n) is 2.39. The van der Waals surface area contributed by atoms with Crippen LogP contribution in [-0.2, 0) is 4.74 Å². The lowest BCUT2D eigenvalue weighted by Gasteiger charge is -2.13. The van der Waals surface area contributed by atoms with Crippen LogP contribution in [0.1, 0.15) is 6.92 Å². The van der Waals surface area contributed by atoms with Crippen LogP contribution in [-0.4, -0.2) is 44.1 Å². The van der Waals surface area contributed by atoms with Crippen LogP contribution in [0, 0.1) is 0 Å². The Kier molecular flexibility index (Phi) is 8.53. The fourth-order valence-electron chi connectivity index (χ4n) is 1.47. The lowest BCUT2D eigenvalue weighted by atomic mass is 10.3. The van der Waals surface area contributed by atoms with E-state index in [4.69, 9.17) is 9.47 Å². The highest BCUT2D eigenvalue weighted by atomic mass is 79.9. The van der Waals surface area contributed by atoms with Crippen LogP contribution in [0.5, 0.6) is 5.75 Å². The van der Waals surface area contributed by atoms with E-state index in [1.807, 2.05) is 31.2 Å². The Morgan fingerprint density at radius 2 is 2.30 bits per heavy atom. The molecule has 4 nitrogen and oxygen atoms in total. The van der Waals surface area contributed by atoms with Gasteiger partial charge in [0.2, 0.25) is 0 Å². The number of rotatable bonds is 10. The minimum atomic E-state index is -0.546. The van der Waals surface area contributed by atoms with Gasteiger partial charge in [0.15, 0.2) is 0 Å². The Morgan fingerprint density at radius 3 is 3.00 bits per heavy atom. The molecule has 0 aliphatic rings. The van der Waals surface area contributed by atoms with E-state index in [1.165, 1.54) is 0 Å². The number of ether oxygens (including phenoxy) is 2. The summed E-state index contributed by atoms with van der Waals surface area (Å²) in [5, 5.41) is 12.9. The van der Waals surface area contributed by atoms with E-state index in [2.05, 4.69) is 27.8 Å². The molecule has 1 atom stereocenters. The van der Waals surface area contributed by atoms with E-state index in [-0.39, 0.29) is 6.61 Å². The maximum Gasteiger partial charge on any atom is 0.120 e. The van der Waals surface area contributed by atoms with E-state index < -0.39 is 6.10 Å². The highest BCUT2D eigenvalue weighted by Crippen LogP contribution is 2.17. The molecule has 0 aromatic heterocycles. The van der Waals surface area contributed by atoms with Crippen molar-refractivity contribution in [3.05, 3.63) is 40.9 Å². The van der Waals surface area contributed by atoms with Crippen LogP contribution in [0.3, 0.4) is 0 Å². The highest BCUT2D eigenvalue weighted by molar-refractivity contribution is 9.10. The zero-order chi connectivity index (χ0) is 14.8. The minimum absolute atomic E-state index is 0.260. The Morgan fingerprint density at radius 1 is 1.50 bits per heavy atom. The summed E-state index contributed by atoms with van der Waals surface area (Å²) in [5.41, 5.74) is 1.01. The van der Waals surface area contributed by atoms with Crippen LogP contribution < -0.4 is 10.1 Å². The fourth-order valence-corrected chi connectivity index (χ4v) is 1.85. The normalized spacial score (nSPS) is 12.2. The predicted octanol–water partition coefficient (Wildman–Crippen LogP) is 2.37. The van der Waals surface area contributed by atoms with Crippen molar-refractivity contribution in [2.75, 3.05) is 32.9 Å². The van der Waals surface area contributed by atoms with Crippen LogP contribution in [0.15, 0.2) is 40.9 Å². The smallest absolute Gasteiger partial charge is 0.120 e. The molecule has 1 aromatic rings. The maximum absolute atomic E-state index is 9.77. The van der Waals surface area contributed by atoms with Crippen LogP contribution in [0.25, 0.3) is 0 Å². The van der Waals surface area contributed by atoms with Crippen molar-refractivity contribution in [2.24, 2.45) is 0 Å². The monoisotopic (exact) mass is 343 g/mol. The second kappa shape index (κ2) is 9.94.